The highest BCUT2D eigenvalue weighted by molar-refractivity contribution is 9.10. The molecule has 10 atom stereocenters. The minimum absolute atomic E-state index is 0.000277. The number of aliphatic hydroxyl groups is 4. The fourth-order valence-corrected chi connectivity index (χ4v) is 18.8. The maximum absolute atomic E-state index is 16.1. The number of carboxylic acid groups (broad SMARTS) is 1. The Bertz CT molecular complexity index is 6300. The highest BCUT2D eigenvalue weighted by atomic mass is 79.9. The number of hydrogen-bond donors (Lipinski definition) is 8. The van der Waals surface area contributed by atoms with Gasteiger partial charge in [-0.1, -0.05) is 154 Å². The van der Waals surface area contributed by atoms with Gasteiger partial charge in [0.1, 0.15) is 28.7 Å². The van der Waals surface area contributed by atoms with Gasteiger partial charge in [0.05, 0.1) is 43.7 Å². The molecule has 4 saturated heterocycles. The molecule has 10 unspecified atom stereocenters. The van der Waals surface area contributed by atoms with Crippen LogP contribution in [0.3, 0.4) is 0 Å². The summed E-state index contributed by atoms with van der Waals surface area (Å²) in [4.78, 5) is 103. The van der Waals surface area contributed by atoms with Crippen LogP contribution in [0.4, 0.5) is 17.6 Å². The van der Waals surface area contributed by atoms with Crippen LogP contribution < -0.4 is 40.1 Å². The first-order valence-corrected chi connectivity index (χ1v) is 49.9. The summed E-state index contributed by atoms with van der Waals surface area (Å²) in [5.41, 5.74) is 7.01. The number of ketones is 1. The van der Waals surface area contributed by atoms with E-state index in [-0.39, 0.29) is 85.1 Å². The lowest BCUT2D eigenvalue weighted by Gasteiger charge is -2.41. The smallest absolute Gasteiger partial charge is 0.379 e. The van der Waals surface area contributed by atoms with Crippen molar-refractivity contribution in [2.75, 3.05) is 13.2 Å². The van der Waals surface area contributed by atoms with Gasteiger partial charge in [-0.25, -0.2) is 14.4 Å². The second-order valence-electron chi connectivity index (χ2n) is 37.6. The zero-order valence-electron chi connectivity index (χ0n) is 83.1. The monoisotopic (exact) mass is 2110 g/mol. The van der Waals surface area contributed by atoms with Crippen molar-refractivity contribution in [1.82, 2.24) is 20.4 Å². The molecule has 4 heterocycles. The molecule has 4 aliphatic rings. The van der Waals surface area contributed by atoms with Crippen LogP contribution >= 0.6 is 31.9 Å². The molecular weight excluding hydrogens is 1990 g/mol. The number of benzene rings is 12. The fourth-order valence-electron chi connectivity index (χ4n) is 18.3. The number of nitrogens with one attached hydrogen (secondary N) is 2. The number of piperidine rings is 2. The third kappa shape index (κ3) is 29.5. The predicted molar refractivity (Wildman–Crippen MR) is 558 cm³/mol. The Balaban J connectivity index is 0.000000179. The Hall–Kier alpha value is -12.5. The first kappa shape index (κ1) is 113. The second kappa shape index (κ2) is 51.0. The Kier molecular flexibility index (Phi) is 39.7. The number of fused-ring (bicyclic) bond motifs is 9. The molecule has 145 heavy (non-hydrogen) atoms. The highest BCUT2D eigenvalue weighted by Gasteiger charge is 2.55. The molecule has 33 heteroatoms. The van der Waals surface area contributed by atoms with E-state index >= 15 is 17.6 Å². The standard InChI is InChI=1S/C32H35BrF2N2O4.C31H34BrF2N3O4.C17H20O4.C17H18O4.C15H16O4.B2/c1-18(2)41-27-13-6-20-16-22(5-4-21(20)17-27)28(38)30(39)36-29(32(34,35)23-7-9-24(33)10-8-23)31(40)37-25-11-12-26(37)15-19(3)14-25;1-17(2)41-26-12-5-18-13-20(4-3-19(18)14-26)27(38)29(39)36-28(31(33,34)21-6-8-22(32)9-7-21)30(40)37-24-10-11-25(37)16-23(35)15-24;2*1-4-20-17(19)16(18)14-6-5-13-10-15(21-11(2)3)8-7-12(13)9-14;1-9(2)19-13-6-5-10-7-12(14(16)15(17)18)4-3-11(10)8-13;1-2/h4-10,13,16-19,25-26,28-29,38H,11-12,14-15H2,1-3H3,(H,36,39);3-9,12-14,17,23-25,27-28,38H,10-11,15-16,35H2,1-2H3,(H,36,39);5-11,16,18H,4H2,1-3H3;5-11H,4H2,1-3H3;3-9,14,16H,1-2H3,(H,17,18);. The van der Waals surface area contributed by atoms with Gasteiger partial charge in [-0.05, 0) is 332 Å². The van der Waals surface area contributed by atoms with E-state index in [0.29, 0.717) is 68.7 Å². The Morgan fingerprint density at radius 1 is 0.386 bits per heavy atom. The van der Waals surface area contributed by atoms with E-state index in [2.05, 4.69) is 64.9 Å². The van der Waals surface area contributed by atoms with Crippen LogP contribution in [0.1, 0.15) is 210 Å². The molecule has 4 amide bonds. The molecule has 4 bridgehead atoms. The molecule has 9 N–H and O–H groups in total. The van der Waals surface area contributed by atoms with Gasteiger partial charge in [0, 0.05) is 71.3 Å². The normalized spacial score (nSPS) is 17.5. The number of nitrogens with two attached hydrogens (primary N) is 1. The maximum Gasteiger partial charge on any atom is 0.379 e. The van der Waals surface area contributed by atoms with Crippen molar-refractivity contribution in [2.45, 2.75) is 250 Å². The van der Waals surface area contributed by atoms with Crippen LogP contribution in [-0.4, -0.2) is 184 Å². The van der Waals surface area contributed by atoms with Crippen LogP contribution in [0.25, 0.3) is 53.9 Å². The molecule has 0 saturated carbocycles. The largest absolute Gasteiger partial charge is 0.491 e. The highest BCUT2D eigenvalue weighted by Crippen LogP contribution is 2.45. The first-order valence-electron chi connectivity index (χ1n) is 48.3. The molecule has 25 nitrogen and oxygen atoms in total. The van der Waals surface area contributed by atoms with E-state index in [1.807, 2.05) is 148 Å². The van der Waals surface area contributed by atoms with Gasteiger partial charge in [0.25, 0.3) is 29.4 Å². The number of Topliss-reactive ketones (excluding diaryl/α,β-unsaturated/α-hetero) is 1. The van der Waals surface area contributed by atoms with E-state index < -0.39 is 107 Å². The van der Waals surface area contributed by atoms with Crippen molar-refractivity contribution < 1.29 is 115 Å². The number of esters is 2. The zero-order chi connectivity index (χ0) is 106. The molecule has 4 radical (unpaired) electrons. The number of ether oxygens (including phenoxy) is 7. The van der Waals surface area contributed by atoms with Crippen molar-refractivity contribution >= 4 is 149 Å². The molecule has 12 aromatic carbocycles. The van der Waals surface area contributed by atoms with Crippen LogP contribution in [0.2, 0.25) is 0 Å². The summed E-state index contributed by atoms with van der Waals surface area (Å²) in [6.45, 7) is 25.4. The number of carboxylic acids is 1. The SMILES string of the molecule is CC(C)Oc1ccc2cc(C(O)C(=O)NC(C(=O)N3C4CCC3CC(N)C4)C(F)(F)c3ccc(Br)cc3)ccc2c1.CC(C)Oc1ccc2cc(C(O)C(=O)O)ccc2c1.CC1CC2CCC(C1)N2C(=O)C(NC(=O)C(O)c1ccc2cc(OC(C)C)ccc2c1)C(F)(F)c1ccc(Br)cc1.CCOC(=O)C(=O)c1ccc2cc(OC(C)C)ccc2c1.CCOC(=O)C(O)c1ccc2cc(OC(C)C)ccc2c1.[B][B]. The number of halogens is 6. The lowest BCUT2D eigenvalue weighted by atomic mass is 9.81. The fraction of sp³-hybridized carbons (Fsp3) is 0.375. The van der Waals surface area contributed by atoms with Gasteiger partial charge in [0.2, 0.25) is 0 Å². The van der Waals surface area contributed by atoms with Crippen LogP contribution in [-0.2, 0) is 54.9 Å². The summed E-state index contributed by atoms with van der Waals surface area (Å²) in [7, 11) is 8.00. The number of hydrogen-bond acceptors (Lipinski definition) is 20. The van der Waals surface area contributed by atoms with Gasteiger partial charge < -0.3 is 84.9 Å². The molecule has 764 valence electrons. The molecule has 0 aromatic heterocycles. The second-order valence-corrected chi connectivity index (χ2v) is 39.4. The van der Waals surface area contributed by atoms with Crippen LogP contribution in [0, 0.1) is 5.92 Å². The van der Waals surface area contributed by atoms with E-state index in [0.717, 1.165) is 96.8 Å². The third-order valence-electron chi connectivity index (χ3n) is 24.7. The van der Waals surface area contributed by atoms with E-state index in [1.54, 1.807) is 122 Å². The minimum Gasteiger partial charge on any atom is -0.491 e. The average Bonchev–Trinajstić information content (AvgIpc) is 1.66. The van der Waals surface area contributed by atoms with Gasteiger partial charge in [-0.15, -0.1) is 0 Å². The summed E-state index contributed by atoms with van der Waals surface area (Å²) in [5.74, 6) is -10.5. The van der Waals surface area contributed by atoms with Crippen LogP contribution in [0.15, 0.2) is 239 Å². The molecule has 4 aliphatic heterocycles. The zero-order valence-corrected chi connectivity index (χ0v) is 86.3. The summed E-state index contributed by atoms with van der Waals surface area (Å²) in [5, 5.41) is 63.4. The van der Waals surface area contributed by atoms with Gasteiger partial charge >= 0.3 is 29.8 Å². The number of rotatable bonds is 30. The number of amides is 4. The van der Waals surface area contributed by atoms with Crippen molar-refractivity contribution in [3.8, 4) is 28.7 Å². The van der Waals surface area contributed by atoms with E-state index in [1.165, 1.54) is 53.4 Å². The number of alkyl halides is 4. The summed E-state index contributed by atoms with van der Waals surface area (Å²) >= 11 is 6.50. The Labute approximate surface area is 860 Å². The molecular formula is C112H123B2Br2F4N5O20. The van der Waals surface area contributed by atoms with Gasteiger partial charge in [-0.2, -0.15) is 17.6 Å². The first-order chi connectivity index (χ1) is 68.9. The lowest BCUT2D eigenvalue weighted by Crippen LogP contribution is -2.61. The van der Waals surface area contributed by atoms with E-state index in [4.69, 9.17) is 44.0 Å². The molecule has 16 rings (SSSR count). The number of carbonyl (C=O) groups excluding carboxylic acids is 7. The lowest BCUT2D eigenvalue weighted by molar-refractivity contribution is -0.155. The summed E-state index contributed by atoms with van der Waals surface area (Å²) in [6.07, 6.45) is -0.511. The van der Waals surface area contributed by atoms with E-state index in [9.17, 15) is 58.8 Å². The van der Waals surface area contributed by atoms with Gasteiger partial charge in [-0.3, -0.25) is 24.0 Å². The number of aliphatic carboxylic acids is 1. The average molecular weight is 2120 g/mol. The Morgan fingerprint density at radius 3 is 0.952 bits per heavy atom. The number of nitrogens with zero attached hydrogens (tertiary/aromatic N) is 2. The maximum atomic E-state index is 16.1. The predicted octanol–water partition coefficient (Wildman–Crippen LogP) is 20.2. The number of carbonyl (C=O) groups is 8. The summed E-state index contributed by atoms with van der Waals surface area (Å²) < 4.78 is 103. The molecule has 4 fully saturated rings. The summed E-state index contributed by atoms with van der Waals surface area (Å²) in [6, 6.07) is 58.7. The van der Waals surface area contributed by atoms with Crippen molar-refractivity contribution in [1.29, 1.82) is 0 Å². The van der Waals surface area contributed by atoms with Crippen LogP contribution in [0.5, 0.6) is 28.7 Å². The Morgan fingerprint density at radius 2 is 0.655 bits per heavy atom. The number of aliphatic hydroxyl groups excluding tert-OH is 4. The quantitative estimate of drug-likeness (QED) is 0.00681. The molecule has 0 spiro atoms. The third-order valence-corrected chi connectivity index (χ3v) is 25.8. The van der Waals surface area contributed by atoms with Crippen molar-refractivity contribution in [2.24, 2.45) is 11.7 Å². The molecule has 0 aliphatic carbocycles. The molecule has 12 aromatic rings. The van der Waals surface area contributed by atoms with Gasteiger partial charge in [0.15, 0.2) is 36.5 Å². The van der Waals surface area contributed by atoms with Crippen molar-refractivity contribution in [3.63, 3.8) is 0 Å². The van der Waals surface area contributed by atoms with Crippen molar-refractivity contribution in [3.05, 3.63) is 278 Å². The topological polar surface area (TPSA) is 359 Å². The minimum atomic E-state index is -3.75.